The van der Waals surface area contributed by atoms with Crippen molar-refractivity contribution in [3.63, 3.8) is 0 Å². The fourth-order valence-corrected chi connectivity index (χ4v) is 7.69. The number of hydrogen-bond acceptors (Lipinski definition) is 0. The van der Waals surface area contributed by atoms with Gasteiger partial charge in [0, 0.05) is 0 Å². The van der Waals surface area contributed by atoms with Crippen molar-refractivity contribution >= 4 is 21.5 Å². The molecule has 0 radical (unpaired) electrons. The second-order valence-corrected chi connectivity index (χ2v) is 9.37. The molecule has 3 aromatic rings. The molecular weight excluding hydrogens is 312 g/mol. The summed E-state index contributed by atoms with van der Waals surface area (Å²) in [6.45, 7) is 0. The normalized spacial score (nSPS) is 39.3. The van der Waals surface area contributed by atoms with E-state index in [4.69, 9.17) is 0 Å². The predicted octanol–water partition coefficient (Wildman–Crippen LogP) is 6.55. The summed E-state index contributed by atoms with van der Waals surface area (Å²) in [5, 5.41) is 5.69. The summed E-state index contributed by atoms with van der Waals surface area (Å²) < 4.78 is 0. The van der Waals surface area contributed by atoms with E-state index in [1.807, 2.05) is 0 Å². The number of benzene rings is 3. The maximum Gasteiger partial charge on any atom is -0.0122 e. The van der Waals surface area contributed by atoms with E-state index in [0.717, 1.165) is 41.4 Å². The minimum absolute atomic E-state index is 0.791. The van der Waals surface area contributed by atoms with Crippen LogP contribution in [0.1, 0.15) is 30.7 Å². The Kier molecular flexibility index (Phi) is 2.59. The van der Waals surface area contributed by atoms with E-state index in [0.29, 0.717) is 0 Å². The summed E-state index contributed by atoms with van der Waals surface area (Å²) in [6, 6.07) is 20.7. The van der Waals surface area contributed by atoms with Crippen LogP contribution < -0.4 is 0 Å². The van der Waals surface area contributed by atoms with Crippen molar-refractivity contribution in [3.05, 3.63) is 72.3 Å². The third-order valence-electron chi connectivity index (χ3n) is 8.45. The molecule has 0 saturated heterocycles. The lowest BCUT2D eigenvalue weighted by Gasteiger charge is -2.37. The Morgan fingerprint density at radius 2 is 1.42 bits per heavy atom. The highest BCUT2D eigenvalue weighted by atomic mass is 14.6. The monoisotopic (exact) mass is 336 g/mol. The van der Waals surface area contributed by atoms with Crippen LogP contribution in [0.2, 0.25) is 0 Å². The Balaban J connectivity index is 1.38. The zero-order valence-electron chi connectivity index (χ0n) is 15.0. The maximum absolute atomic E-state index is 2.57. The van der Waals surface area contributed by atoms with E-state index < -0.39 is 0 Å². The summed E-state index contributed by atoms with van der Waals surface area (Å²) in [4.78, 5) is 0. The smallest absolute Gasteiger partial charge is 0.0122 e. The van der Waals surface area contributed by atoms with Gasteiger partial charge in [0.2, 0.25) is 0 Å². The summed E-state index contributed by atoms with van der Waals surface area (Å²) in [5.41, 5.74) is 1.64. The Morgan fingerprint density at radius 3 is 2.31 bits per heavy atom. The molecule has 3 aromatic carbocycles. The number of rotatable bonds is 1. The lowest BCUT2D eigenvalue weighted by Crippen LogP contribution is -2.30. The molecule has 7 rings (SSSR count). The van der Waals surface area contributed by atoms with Crippen molar-refractivity contribution in [2.75, 3.05) is 0 Å². The van der Waals surface area contributed by atoms with Gasteiger partial charge in [-0.15, -0.1) is 0 Å². The minimum Gasteiger partial charge on any atom is -0.0848 e. The van der Waals surface area contributed by atoms with E-state index in [1.165, 1.54) is 40.8 Å². The molecule has 4 bridgehead atoms. The lowest BCUT2D eigenvalue weighted by atomic mass is 9.67. The Bertz CT molecular complexity index is 1070. The van der Waals surface area contributed by atoms with Crippen molar-refractivity contribution in [1.29, 1.82) is 0 Å². The zero-order chi connectivity index (χ0) is 16.8. The Morgan fingerprint density at radius 1 is 0.654 bits per heavy atom. The zero-order valence-corrected chi connectivity index (χ0v) is 15.0. The molecule has 4 aliphatic rings. The third-order valence-corrected chi connectivity index (χ3v) is 8.45. The van der Waals surface area contributed by atoms with Gasteiger partial charge in [0.05, 0.1) is 0 Å². The molecule has 4 aliphatic carbocycles. The molecular formula is C26H24. The summed E-state index contributed by atoms with van der Waals surface area (Å²) in [7, 11) is 0. The van der Waals surface area contributed by atoms with Gasteiger partial charge in [-0.05, 0) is 99.9 Å². The minimum atomic E-state index is 0.791. The molecule has 0 N–H and O–H groups in total. The van der Waals surface area contributed by atoms with Gasteiger partial charge in [-0.3, -0.25) is 0 Å². The topological polar surface area (TPSA) is 0 Å². The molecule has 3 saturated carbocycles. The van der Waals surface area contributed by atoms with Gasteiger partial charge in [-0.1, -0.05) is 54.6 Å². The first-order chi connectivity index (χ1) is 12.9. The van der Waals surface area contributed by atoms with Crippen molar-refractivity contribution in [3.8, 4) is 0 Å². The average Bonchev–Trinajstić information content (AvgIpc) is 3.45. The van der Waals surface area contributed by atoms with Crippen LogP contribution in [-0.2, 0) is 0 Å². The molecule has 26 heavy (non-hydrogen) atoms. The molecule has 0 heterocycles. The molecule has 7 atom stereocenters. The van der Waals surface area contributed by atoms with Gasteiger partial charge in [-0.2, -0.15) is 0 Å². The first-order valence-corrected chi connectivity index (χ1v) is 10.5. The van der Waals surface area contributed by atoms with Gasteiger partial charge in [0.15, 0.2) is 0 Å². The number of fused-ring (bicyclic) bond motifs is 11. The molecule has 128 valence electrons. The fraction of sp³-hybridized carbons (Fsp3) is 0.385. The highest BCUT2D eigenvalue weighted by molar-refractivity contribution is 5.99. The largest absolute Gasteiger partial charge is 0.0848 e. The first kappa shape index (κ1) is 14.0. The van der Waals surface area contributed by atoms with E-state index in [1.54, 1.807) is 5.56 Å². The maximum atomic E-state index is 2.57. The molecule has 0 spiro atoms. The predicted molar refractivity (Wildman–Crippen MR) is 108 cm³/mol. The second-order valence-electron chi connectivity index (χ2n) is 9.37. The lowest BCUT2D eigenvalue weighted by molar-refractivity contribution is 0.185. The number of hydrogen-bond donors (Lipinski definition) is 0. The molecule has 6 unspecified atom stereocenters. The summed E-state index contributed by atoms with van der Waals surface area (Å²) in [6.07, 6.45) is 9.54. The molecule has 0 amide bonds. The van der Waals surface area contributed by atoms with Crippen molar-refractivity contribution in [1.82, 2.24) is 0 Å². The van der Waals surface area contributed by atoms with Crippen LogP contribution in [0, 0.1) is 35.5 Å². The van der Waals surface area contributed by atoms with Gasteiger partial charge in [0.1, 0.15) is 0 Å². The highest BCUT2D eigenvalue weighted by Gasteiger charge is 2.61. The van der Waals surface area contributed by atoms with Crippen molar-refractivity contribution in [2.24, 2.45) is 35.5 Å². The second kappa shape index (κ2) is 4.80. The molecule has 0 heteroatoms. The van der Waals surface area contributed by atoms with Crippen LogP contribution >= 0.6 is 0 Å². The van der Waals surface area contributed by atoms with E-state index in [-0.39, 0.29) is 0 Å². The summed E-state index contributed by atoms with van der Waals surface area (Å²) >= 11 is 0. The quantitative estimate of drug-likeness (QED) is 0.268. The fourth-order valence-electron chi connectivity index (χ4n) is 7.69. The average molecular weight is 336 g/mol. The SMILES string of the molecule is C1=CC2CC1C1C3CC(C21)[C@H](c1cccc2cc4ccccc4cc12)C3. The highest BCUT2D eigenvalue weighted by Crippen LogP contribution is 2.69. The van der Waals surface area contributed by atoms with Crippen molar-refractivity contribution < 1.29 is 0 Å². The van der Waals surface area contributed by atoms with E-state index in [9.17, 15) is 0 Å². The van der Waals surface area contributed by atoms with E-state index >= 15 is 0 Å². The molecule has 3 fully saturated rings. The van der Waals surface area contributed by atoms with Crippen LogP contribution in [0.15, 0.2) is 66.7 Å². The van der Waals surface area contributed by atoms with Gasteiger partial charge < -0.3 is 0 Å². The summed E-state index contributed by atoms with van der Waals surface area (Å²) in [5.74, 6) is 6.56. The molecule has 0 aromatic heterocycles. The van der Waals surface area contributed by atoms with Crippen LogP contribution in [-0.4, -0.2) is 0 Å². The van der Waals surface area contributed by atoms with Crippen LogP contribution in [0.5, 0.6) is 0 Å². The third kappa shape index (κ3) is 1.66. The van der Waals surface area contributed by atoms with Crippen molar-refractivity contribution in [2.45, 2.75) is 25.2 Å². The van der Waals surface area contributed by atoms with Crippen LogP contribution in [0.4, 0.5) is 0 Å². The first-order valence-electron chi connectivity index (χ1n) is 10.5. The Labute approximate surface area is 154 Å². The van der Waals surface area contributed by atoms with E-state index in [2.05, 4.69) is 66.7 Å². The van der Waals surface area contributed by atoms with Gasteiger partial charge in [-0.25, -0.2) is 0 Å². The standard InChI is InChI=1S/C26H24/c1-2-5-16-12-22-17(10-15(16)4-1)6-3-7-21(22)23-13-20-14-24(23)26-19-9-8-18(11-19)25(20)26/h1-10,12,18-20,23-26H,11,13-14H2/t18?,19?,20?,23-,24?,25?,26?/m0/s1. The van der Waals surface area contributed by atoms with Crippen LogP contribution in [0.3, 0.4) is 0 Å². The molecule has 0 aliphatic heterocycles. The van der Waals surface area contributed by atoms with Gasteiger partial charge in [0.25, 0.3) is 0 Å². The Hall–Kier alpha value is -2.08. The van der Waals surface area contributed by atoms with Gasteiger partial charge >= 0.3 is 0 Å². The number of allylic oxidation sites excluding steroid dienone is 2. The van der Waals surface area contributed by atoms with Crippen LogP contribution in [0.25, 0.3) is 21.5 Å². The molecule has 0 nitrogen and oxygen atoms in total.